The minimum absolute atomic E-state index is 0.239. The van der Waals surface area contributed by atoms with Crippen LogP contribution in [0.15, 0.2) is 24.3 Å². The maximum atomic E-state index is 12.1. The van der Waals surface area contributed by atoms with Gasteiger partial charge in [0.15, 0.2) is 5.11 Å². The Labute approximate surface area is 161 Å². The molecule has 0 amide bonds. The van der Waals surface area contributed by atoms with Crippen molar-refractivity contribution in [2.75, 3.05) is 44.7 Å². The van der Waals surface area contributed by atoms with Crippen molar-refractivity contribution < 1.29 is 14.3 Å². The number of carbonyl (C=O) groups excluding carboxylic acids is 1. The Morgan fingerprint density at radius 1 is 1.31 bits per heavy atom. The molecule has 1 aromatic carbocycles. The minimum atomic E-state index is -0.303. The topological polar surface area (TPSA) is 62.8 Å². The van der Waals surface area contributed by atoms with Crippen molar-refractivity contribution in [2.24, 2.45) is 0 Å². The SMILES string of the molecule is CCN(CC)CCOC(=O)c1ccc(NC(=S)NCC2CCCO2)cc1. The molecule has 1 heterocycles. The maximum Gasteiger partial charge on any atom is 0.338 e. The van der Waals surface area contributed by atoms with E-state index in [9.17, 15) is 4.79 Å². The van der Waals surface area contributed by atoms with Gasteiger partial charge in [-0.15, -0.1) is 0 Å². The van der Waals surface area contributed by atoms with Crippen molar-refractivity contribution in [2.45, 2.75) is 32.8 Å². The number of likely N-dealkylation sites (N-methyl/N-ethyl adjacent to an activating group) is 1. The molecule has 26 heavy (non-hydrogen) atoms. The number of benzene rings is 1. The summed E-state index contributed by atoms with van der Waals surface area (Å²) in [5.74, 6) is -0.303. The van der Waals surface area contributed by atoms with Gasteiger partial charge in [0.1, 0.15) is 6.61 Å². The molecule has 1 atom stereocenters. The number of nitrogens with zero attached hydrogens (tertiary/aromatic N) is 1. The zero-order valence-corrected chi connectivity index (χ0v) is 16.4. The first-order valence-electron chi connectivity index (χ1n) is 9.28. The van der Waals surface area contributed by atoms with Crippen LogP contribution in [0.2, 0.25) is 0 Å². The van der Waals surface area contributed by atoms with E-state index in [4.69, 9.17) is 21.7 Å². The molecule has 0 saturated carbocycles. The van der Waals surface area contributed by atoms with Gasteiger partial charge in [0.2, 0.25) is 0 Å². The van der Waals surface area contributed by atoms with Gasteiger partial charge in [-0.05, 0) is 62.4 Å². The molecule has 0 bridgehead atoms. The van der Waals surface area contributed by atoms with Crippen LogP contribution in [0, 0.1) is 0 Å². The molecule has 6 nitrogen and oxygen atoms in total. The third kappa shape index (κ3) is 6.90. The van der Waals surface area contributed by atoms with Gasteiger partial charge < -0.3 is 25.0 Å². The first-order valence-corrected chi connectivity index (χ1v) is 9.69. The van der Waals surface area contributed by atoms with Gasteiger partial charge in [0.05, 0.1) is 11.7 Å². The number of anilines is 1. The molecular weight excluding hydrogens is 350 g/mol. The van der Waals surface area contributed by atoms with E-state index >= 15 is 0 Å². The second-order valence-corrected chi connectivity index (χ2v) is 6.62. The van der Waals surface area contributed by atoms with Crippen molar-refractivity contribution in [1.29, 1.82) is 0 Å². The highest BCUT2D eigenvalue weighted by Crippen LogP contribution is 2.12. The first kappa shape index (κ1) is 20.6. The summed E-state index contributed by atoms with van der Waals surface area (Å²) in [4.78, 5) is 14.3. The zero-order valence-electron chi connectivity index (χ0n) is 15.6. The lowest BCUT2D eigenvalue weighted by atomic mass is 10.2. The fourth-order valence-corrected chi connectivity index (χ4v) is 2.97. The lowest BCUT2D eigenvalue weighted by Gasteiger charge is -2.17. The van der Waals surface area contributed by atoms with E-state index in [1.54, 1.807) is 12.1 Å². The number of ether oxygens (including phenoxy) is 2. The second-order valence-electron chi connectivity index (χ2n) is 6.21. The van der Waals surface area contributed by atoms with Crippen LogP contribution in [0.1, 0.15) is 37.0 Å². The number of carbonyl (C=O) groups is 1. The summed E-state index contributed by atoms with van der Waals surface area (Å²) >= 11 is 5.29. The second kappa shape index (κ2) is 11.1. The van der Waals surface area contributed by atoms with Crippen molar-refractivity contribution >= 4 is 29.0 Å². The Balaban J connectivity index is 1.72. The Morgan fingerprint density at radius 3 is 2.65 bits per heavy atom. The zero-order chi connectivity index (χ0) is 18.8. The minimum Gasteiger partial charge on any atom is -0.461 e. The van der Waals surface area contributed by atoms with Gasteiger partial charge in [-0.2, -0.15) is 0 Å². The summed E-state index contributed by atoms with van der Waals surface area (Å²) < 4.78 is 10.9. The molecule has 1 aliphatic rings. The Bertz CT molecular complexity index is 570. The molecule has 0 aromatic heterocycles. The van der Waals surface area contributed by atoms with E-state index in [2.05, 4.69) is 29.4 Å². The van der Waals surface area contributed by atoms with Crippen molar-refractivity contribution in [3.05, 3.63) is 29.8 Å². The Hall–Kier alpha value is -1.70. The smallest absolute Gasteiger partial charge is 0.338 e. The van der Waals surface area contributed by atoms with Gasteiger partial charge in [0, 0.05) is 25.4 Å². The summed E-state index contributed by atoms with van der Waals surface area (Å²) in [6.07, 6.45) is 2.42. The van der Waals surface area contributed by atoms with E-state index < -0.39 is 0 Å². The molecule has 144 valence electrons. The predicted octanol–water partition coefficient (Wildman–Crippen LogP) is 2.65. The summed E-state index contributed by atoms with van der Waals surface area (Å²) in [5.41, 5.74) is 1.36. The normalized spacial score (nSPS) is 16.5. The van der Waals surface area contributed by atoms with Crippen LogP contribution in [0.4, 0.5) is 5.69 Å². The van der Waals surface area contributed by atoms with Gasteiger partial charge in [0.25, 0.3) is 0 Å². The number of nitrogens with one attached hydrogen (secondary N) is 2. The highest BCUT2D eigenvalue weighted by atomic mass is 32.1. The first-order chi connectivity index (χ1) is 12.6. The average molecular weight is 380 g/mol. The van der Waals surface area contributed by atoms with Gasteiger partial charge in [-0.3, -0.25) is 0 Å². The number of rotatable bonds is 9. The molecule has 1 aliphatic heterocycles. The van der Waals surface area contributed by atoms with Gasteiger partial charge in [-0.25, -0.2) is 4.79 Å². The highest BCUT2D eigenvalue weighted by molar-refractivity contribution is 7.80. The maximum absolute atomic E-state index is 12.1. The summed E-state index contributed by atoms with van der Waals surface area (Å²) in [6, 6.07) is 7.12. The lowest BCUT2D eigenvalue weighted by Crippen LogP contribution is -2.34. The van der Waals surface area contributed by atoms with Crippen molar-refractivity contribution in [3.8, 4) is 0 Å². The molecule has 0 radical (unpaired) electrons. The molecule has 1 unspecified atom stereocenters. The van der Waals surface area contributed by atoms with E-state index in [1.807, 2.05) is 12.1 Å². The number of esters is 1. The van der Waals surface area contributed by atoms with E-state index in [0.29, 0.717) is 23.8 Å². The average Bonchev–Trinajstić information content (AvgIpc) is 3.18. The van der Waals surface area contributed by atoms with Crippen LogP contribution in [-0.4, -0.2) is 61.5 Å². The summed E-state index contributed by atoms with van der Waals surface area (Å²) in [7, 11) is 0. The highest BCUT2D eigenvalue weighted by Gasteiger charge is 2.15. The van der Waals surface area contributed by atoms with Crippen LogP contribution in [0.3, 0.4) is 0 Å². The quantitative estimate of drug-likeness (QED) is 0.505. The van der Waals surface area contributed by atoms with Crippen molar-refractivity contribution in [3.63, 3.8) is 0 Å². The molecule has 1 aromatic rings. The molecule has 1 saturated heterocycles. The van der Waals surface area contributed by atoms with Crippen molar-refractivity contribution in [1.82, 2.24) is 10.2 Å². The fraction of sp³-hybridized carbons (Fsp3) is 0.579. The fourth-order valence-electron chi connectivity index (χ4n) is 2.77. The van der Waals surface area contributed by atoms with Crippen LogP contribution in [0.5, 0.6) is 0 Å². The largest absolute Gasteiger partial charge is 0.461 e. The molecular formula is C19H29N3O3S. The third-order valence-corrected chi connectivity index (χ3v) is 4.67. The van der Waals surface area contributed by atoms with Crippen LogP contribution >= 0.6 is 12.2 Å². The standard InChI is InChI=1S/C19H29N3O3S/c1-3-22(4-2)11-13-25-18(23)15-7-9-16(10-8-15)21-19(26)20-14-17-6-5-12-24-17/h7-10,17H,3-6,11-14H2,1-2H3,(H2,20,21,26). The summed E-state index contributed by atoms with van der Waals surface area (Å²) in [5, 5.41) is 6.82. The molecule has 1 fully saturated rings. The molecule has 2 rings (SSSR count). The summed E-state index contributed by atoms with van der Waals surface area (Å²) in [6.45, 7) is 8.79. The monoisotopic (exact) mass is 379 g/mol. The van der Waals surface area contributed by atoms with E-state index in [-0.39, 0.29) is 12.1 Å². The Morgan fingerprint density at radius 2 is 2.04 bits per heavy atom. The Kier molecular flexibility index (Phi) is 8.80. The van der Waals surface area contributed by atoms with E-state index in [1.165, 1.54) is 0 Å². The van der Waals surface area contributed by atoms with Gasteiger partial charge >= 0.3 is 5.97 Å². The molecule has 7 heteroatoms. The van der Waals surface area contributed by atoms with E-state index in [0.717, 1.165) is 44.8 Å². The number of thiocarbonyl (C=S) groups is 1. The van der Waals surface area contributed by atoms with Crippen LogP contribution < -0.4 is 10.6 Å². The molecule has 0 spiro atoms. The number of hydrogen-bond donors (Lipinski definition) is 2. The number of hydrogen-bond acceptors (Lipinski definition) is 5. The third-order valence-electron chi connectivity index (χ3n) is 4.43. The predicted molar refractivity (Wildman–Crippen MR) is 108 cm³/mol. The van der Waals surface area contributed by atoms with Gasteiger partial charge in [-0.1, -0.05) is 13.8 Å². The van der Waals surface area contributed by atoms with Crippen LogP contribution in [0.25, 0.3) is 0 Å². The lowest BCUT2D eigenvalue weighted by molar-refractivity contribution is 0.0466. The van der Waals surface area contributed by atoms with Crippen LogP contribution in [-0.2, 0) is 9.47 Å². The molecule has 2 N–H and O–H groups in total. The molecule has 0 aliphatic carbocycles.